The molecule has 1 fully saturated rings. The Kier molecular flexibility index (Phi) is 5.07. The predicted octanol–water partition coefficient (Wildman–Crippen LogP) is -0.769. The molecule has 0 saturated carbocycles. The van der Waals surface area contributed by atoms with Crippen molar-refractivity contribution in [1.82, 2.24) is 25.0 Å². The molecule has 4 N–H and O–H groups in total. The highest BCUT2D eigenvalue weighted by Gasteiger charge is 2.44. The molecule has 0 aliphatic carbocycles. The summed E-state index contributed by atoms with van der Waals surface area (Å²) in [6, 6.07) is 0. The molecule has 126 valence electrons. The first-order valence-electron chi connectivity index (χ1n) is 7.45. The molecule has 2 aromatic heterocycles. The van der Waals surface area contributed by atoms with Crippen molar-refractivity contribution in [2.45, 2.75) is 37.9 Å². The van der Waals surface area contributed by atoms with Gasteiger partial charge < -0.3 is 20.7 Å². The van der Waals surface area contributed by atoms with E-state index in [1.165, 1.54) is 11.0 Å². The van der Waals surface area contributed by atoms with E-state index in [1.54, 1.807) is 18.7 Å². The molecular formula is C13H20N6O3S. The summed E-state index contributed by atoms with van der Waals surface area (Å²) in [5.41, 5.74) is 7.19. The van der Waals surface area contributed by atoms with Crippen LogP contribution in [0.5, 0.6) is 0 Å². The summed E-state index contributed by atoms with van der Waals surface area (Å²) in [5, 5.41) is 28.5. The maximum atomic E-state index is 10.3. The van der Waals surface area contributed by atoms with Gasteiger partial charge >= 0.3 is 0 Å². The summed E-state index contributed by atoms with van der Waals surface area (Å²) in [6.45, 7) is 2.44. The van der Waals surface area contributed by atoms with Crippen LogP contribution in [0.2, 0.25) is 0 Å². The molecule has 1 aliphatic rings. The number of aryl methyl sites for hydroxylation is 1. The topological polar surface area (TPSA) is 132 Å². The van der Waals surface area contributed by atoms with Crippen LogP contribution >= 0.6 is 11.8 Å². The summed E-state index contributed by atoms with van der Waals surface area (Å²) in [4.78, 5) is 8.21. The SMILES string of the molecule is Cc1ncnc2c1nnn2[C@@H]1O[C@H](CSCCCN)[C@@H](O)[C@H]1O. The van der Waals surface area contributed by atoms with Crippen molar-refractivity contribution in [3.8, 4) is 0 Å². The van der Waals surface area contributed by atoms with Gasteiger partial charge in [0.2, 0.25) is 0 Å². The molecule has 0 amide bonds. The molecular weight excluding hydrogens is 320 g/mol. The lowest BCUT2D eigenvalue weighted by atomic mass is 10.1. The van der Waals surface area contributed by atoms with Crippen molar-refractivity contribution in [1.29, 1.82) is 0 Å². The fourth-order valence-corrected chi connectivity index (χ4v) is 3.54. The van der Waals surface area contributed by atoms with E-state index in [-0.39, 0.29) is 0 Å². The van der Waals surface area contributed by atoms with Gasteiger partial charge in [0.15, 0.2) is 17.4 Å². The van der Waals surface area contributed by atoms with E-state index in [1.807, 2.05) is 0 Å². The molecule has 0 aromatic carbocycles. The number of ether oxygens (including phenoxy) is 1. The summed E-state index contributed by atoms with van der Waals surface area (Å²) >= 11 is 1.64. The van der Waals surface area contributed by atoms with Gasteiger partial charge in [-0.3, -0.25) is 0 Å². The summed E-state index contributed by atoms with van der Waals surface area (Å²) in [5.74, 6) is 1.47. The van der Waals surface area contributed by atoms with Gasteiger partial charge in [-0.15, -0.1) is 5.10 Å². The van der Waals surface area contributed by atoms with E-state index in [9.17, 15) is 10.2 Å². The third-order valence-corrected chi connectivity index (χ3v) is 4.94. The van der Waals surface area contributed by atoms with Crippen LogP contribution in [0.3, 0.4) is 0 Å². The first-order chi connectivity index (χ1) is 11.1. The van der Waals surface area contributed by atoms with E-state index in [4.69, 9.17) is 10.5 Å². The summed E-state index contributed by atoms with van der Waals surface area (Å²) < 4.78 is 7.21. The second-order valence-corrected chi connectivity index (χ2v) is 6.58. The van der Waals surface area contributed by atoms with Crippen LogP contribution in [0.1, 0.15) is 18.3 Å². The number of aliphatic hydroxyl groups is 2. The number of thioether (sulfide) groups is 1. The van der Waals surface area contributed by atoms with E-state index in [0.717, 1.165) is 12.2 Å². The zero-order valence-electron chi connectivity index (χ0n) is 12.7. The third kappa shape index (κ3) is 3.17. The molecule has 1 aliphatic heterocycles. The number of rotatable bonds is 6. The Morgan fingerprint density at radius 1 is 1.35 bits per heavy atom. The lowest BCUT2D eigenvalue weighted by Crippen LogP contribution is -2.33. The lowest BCUT2D eigenvalue weighted by molar-refractivity contribution is -0.0372. The number of hydrogen-bond acceptors (Lipinski definition) is 9. The molecule has 0 unspecified atom stereocenters. The first-order valence-corrected chi connectivity index (χ1v) is 8.61. The van der Waals surface area contributed by atoms with E-state index in [0.29, 0.717) is 29.2 Å². The Labute approximate surface area is 137 Å². The van der Waals surface area contributed by atoms with E-state index in [2.05, 4.69) is 20.3 Å². The summed E-state index contributed by atoms with van der Waals surface area (Å²) in [6.07, 6.45) is -1.04. The number of nitrogens with two attached hydrogens (primary N) is 1. The number of nitrogens with zero attached hydrogens (tertiary/aromatic N) is 5. The zero-order valence-corrected chi connectivity index (χ0v) is 13.6. The molecule has 2 aromatic rings. The molecule has 23 heavy (non-hydrogen) atoms. The molecule has 0 bridgehead atoms. The van der Waals surface area contributed by atoms with Gasteiger partial charge in [-0.05, 0) is 25.6 Å². The average Bonchev–Trinajstić information content (AvgIpc) is 3.09. The quantitative estimate of drug-likeness (QED) is 0.580. The summed E-state index contributed by atoms with van der Waals surface area (Å²) in [7, 11) is 0. The highest BCUT2D eigenvalue weighted by atomic mass is 32.2. The van der Waals surface area contributed by atoms with Crippen molar-refractivity contribution >= 4 is 22.9 Å². The Morgan fingerprint density at radius 3 is 2.96 bits per heavy atom. The minimum Gasteiger partial charge on any atom is -0.387 e. The average molecular weight is 340 g/mol. The highest BCUT2D eigenvalue weighted by molar-refractivity contribution is 7.99. The van der Waals surface area contributed by atoms with Crippen molar-refractivity contribution in [3.63, 3.8) is 0 Å². The van der Waals surface area contributed by atoms with Crippen LogP contribution in [-0.2, 0) is 4.74 Å². The van der Waals surface area contributed by atoms with Gasteiger partial charge in [0.25, 0.3) is 0 Å². The van der Waals surface area contributed by atoms with Crippen LogP contribution in [0.15, 0.2) is 6.33 Å². The fourth-order valence-electron chi connectivity index (χ4n) is 2.50. The molecule has 1 saturated heterocycles. The van der Waals surface area contributed by atoms with Crippen LogP contribution in [0, 0.1) is 6.92 Å². The number of fused-ring (bicyclic) bond motifs is 1. The monoisotopic (exact) mass is 340 g/mol. The molecule has 10 heteroatoms. The molecule has 9 nitrogen and oxygen atoms in total. The van der Waals surface area contributed by atoms with Crippen LogP contribution in [-0.4, -0.2) is 71.5 Å². The molecule has 0 spiro atoms. The van der Waals surface area contributed by atoms with Gasteiger partial charge in [-0.1, -0.05) is 5.21 Å². The molecule has 4 atom stereocenters. The molecule has 3 heterocycles. The van der Waals surface area contributed by atoms with Crippen molar-refractivity contribution in [3.05, 3.63) is 12.0 Å². The predicted molar refractivity (Wildman–Crippen MR) is 84.8 cm³/mol. The fraction of sp³-hybridized carbons (Fsp3) is 0.692. The van der Waals surface area contributed by atoms with E-state index >= 15 is 0 Å². The Balaban J connectivity index is 1.76. The zero-order chi connectivity index (χ0) is 16.4. The Hall–Kier alpha value is -1.33. The van der Waals surface area contributed by atoms with Crippen LogP contribution in [0.25, 0.3) is 11.2 Å². The molecule has 0 radical (unpaired) electrons. The maximum Gasteiger partial charge on any atom is 0.184 e. The van der Waals surface area contributed by atoms with Crippen molar-refractivity contribution in [2.75, 3.05) is 18.1 Å². The Bertz CT molecular complexity index is 668. The normalized spacial score (nSPS) is 27.8. The van der Waals surface area contributed by atoms with Gasteiger partial charge in [0.05, 0.1) is 11.8 Å². The van der Waals surface area contributed by atoms with Crippen LogP contribution in [0.4, 0.5) is 0 Å². The van der Waals surface area contributed by atoms with Gasteiger partial charge in [-0.2, -0.15) is 16.4 Å². The highest BCUT2D eigenvalue weighted by Crippen LogP contribution is 2.32. The number of hydrogen-bond donors (Lipinski definition) is 3. The van der Waals surface area contributed by atoms with Crippen molar-refractivity contribution in [2.24, 2.45) is 5.73 Å². The van der Waals surface area contributed by atoms with E-state index < -0.39 is 24.5 Å². The minimum atomic E-state index is -1.09. The van der Waals surface area contributed by atoms with Crippen LogP contribution < -0.4 is 5.73 Å². The van der Waals surface area contributed by atoms with Gasteiger partial charge in [-0.25, -0.2) is 9.97 Å². The second-order valence-electron chi connectivity index (χ2n) is 5.43. The number of aliphatic hydroxyl groups excluding tert-OH is 2. The Morgan fingerprint density at radius 2 is 2.17 bits per heavy atom. The first kappa shape index (κ1) is 16.5. The van der Waals surface area contributed by atoms with Gasteiger partial charge in [0, 0.05) is 5.75 Å². The lowest BCUT2D eigenvalue weighted by Gasteiger charge is -2.14. The number of aromatic nitrogens is 5. The smallest absolute Gasteiger partial charge is 0.184 e. The maximum absolute atomic E-state index is 10.3. The van der Waals surface area contributed by atoms with Gasteiger partial charge in [0.1, 0.15) is 18.5 Å². The minimum absolute atomic E-state index is 0.472. The van der Waals surface area contributed by atoms with Crippen molar-refractivity contribution < 1.29 is 14.9 Å². The molecule has 3 rings (SSSR count). The standard InChI is InChI=1S/C13H20N6O3S/c1-7-9-12(16-6-15-7)19(18-17-9)13-11(21)10(20)8(22-13)5-23-4-2-3-14/h6,8,10-11,13,20-21H,2-5,14H2,1H3/t8-,10-,11-,13-/m1/s1. The second kappa shape index (κ2) is 7.05. The largest absolute Gasteiger partial charge is 0.387 e. The third-order valence-electron chi connectivity index (χ3n) is 3.80.